The minimum absolute atomic E-state index is 0.131. The molecule has 0 radical (unpaired) electrons. The number of benzene rings is 1. The maximum absolute atomic E-state index is 13.0. The lowest BCUT2D eigenvalue weighted by Gasteiger charge is -2.13. The highest BCUT2D eigenvalue weighted by atomic mass is 19.1. The molecule has 1 amide bonds. The number of halogens is 1. The number of hydrogen-bond donors (Lipinski definition) is 0. The first-order chi connectivity index (χ1) is 12.6. The van der Waals surface area contributed by atoms with Crippen molar-refractivity contribution in [2.75, 3.05) is 0 Å². The number of amides is 1. The molecule has 3 heterocycles. The van der Waals surface area contributed by atoms with Crippen molar-refractivity contribution in [2.24, 2.45) is 0 Å². The number of carbonyl (C=O) groups is 1. The zero-order chi connectivity index (χ0) is 17.8. The van der Waals surface area contributed by atoms with Gasteiger partial charge in [0, 0.05) is 23.7 Å². The van der Waals surface area contributed by atoms with E-state index in [0.717, 1.165) is 40.9 Å². The molecule has 2 aliphatic rings. The standard InChI is InChI=1S/C19H16FN5O/c1-11-18(22-23-25(11)15-5-7-17(20)21-9-15)12-2-6-16-13(8-12)10-24(19(16)26)14-3-4-14/h2,5-9,14H,3-4,10H2,1H3. The quantitative estimate of drug-likeness (QED) is 0.682. The van der Waals surface area contributed by atoms with Gasteiger partial charge in [-0.3, -0.25) is 4.79 Å². The molecule has 6 nitrogen and oxygen atoms in total. The van der Waals surface area contributed by atoms with E-state index in [0.29, 0.717) is 18.3 Å². The molecule has 130 valence electrons. The fourth-order valence-corrected chi connectivity index (χ4v) is 3.51. The third-order valence-electron chi connectivity index (χ3n) is 5.05. The number of nitrogens with zero attached hydrogens (tertiary/aromatic N) is 5. The summed E-state index contributed by atoms with van der Waals surface area (Å²) in [5.74, 6) is -0.401. The molecule has 7 heteroatoms. The normalized spacial score (nSPS) is 16.2. The highest BCUT2D eigenvalue weighted by Gasteiger charge is 2.38. The monoisotopic (exact) mass is 349 g/mol. The van der Waals surface area contributed by atoms with Gasteiger partial charge in [0.1, 0.15) is 5.69 Å². The maximum Gasteiger partial charge on any atom is 0.254 e. The second-order valence-electron chi connectivity index (χ2n) is 6.81. The van der Waals surface area contributed by atoms with Crippen LogP contribution in [0.25, 0.3) is 16.9 Å². The topological polar surface area (TPSA) is 63.9 Å². The highest BCUT2D eigenvalue weighted by molar-refractivity contribution is 5.99. The van der Waals surface area contributed by atoms with E-state index in [4.69, 9.17) is 0 Å². The van der Waals surface area contributed by atoms with Crippen molar-refractivity contribution in [3.05, 3.63) is 59.3 Å². The molecule has 1 aliphatic carbocycles. The first-order valence-electron chi connectivity index (χ1n) is 8.60. The molecule has 0 saturated heterocycles. The van der Waals surface area contributed by atoms with E-state index in [-0.39, 0.29) is 5.91 Å². The second kappa shape index (κ2) is 5.45. The predicted molar refractivity (Wildman–Crippen MR) is 92.2 cm³/mol. The van der Waals surface area contributed by atoms with Gasteiger partial charge in [0.2, 0.25) is 5.95 Å². The number of hydrogen-bond acceptors (Lipinski definition) is 4. The lowest BCUT2D eigenvalue weighted by atomic mass is 10.0. The first kappa shape index (κ1) is 15.2. The molecule has 0 N–H and O–H groups in total. The lowest BCUT2D eigenvalue weighted by molar-refractivity contribution is 0.0766. The Labute approximate surface area is 149 Å². The number of fused-ring (bicyclic) bond motifs is 1. The Morgan fingerprint density at radius 2 is 2.04 bits per heavy atom. The van der Waals surface area contributed by atoms with Crippen LogP contribution in [0, 0.1) is 12.9 Å². The average Bonchev–Trinajstić information content (AvgIpc) is 3.34. The molecule has 1 fully saturated rings. The molecule has 0 spiro atoms. The van der Waals surface area contributed by atoms with Gasteiger partial charge in [-0.15, -0.1) is 5.10 Å². The minimum atomic E-state index is -0.532. The van der Waals surface area contributed by atoms with Crippen molar-refractivity contribution in [2.45, 2.75) is 32.4 Å². The van der Waals surface area contributed by atoms with Gasteiger partial charge in [0.25, 0.3) is 5.91 Å². The summed E-state index contributed by atoms with van der Waals surface area (Å²) >= 11 is 0. The van der Waals surface area contributed by atoms with E-state index >= 15 is 0 Å². The van der Waals surface area contributed by atoms with Gasteiger partial charge in [0.15, 0.2) is 0 Å². The third-order valence-corrected chi connectivity index (χ3v) is 5.05. The molecule has 26 heavy (non-hydrogen) atoms. The van der Waals surface area contributed by atoms with Crippen LogP contribution in [0.1, 0.15) is 34.5 Å². The van der Waals surface area contributed by atoms with Gasteiger partial charge in [-0.1, -0.05) is 11.3 Å². The zero-order valence-corrected chi connectivity index (χ0v) is 14.2. The third kappa shape index (κ3) is 2.31. The summed E-state index contributed by atoms with van der Waals surface area (Å²) < 4.78 is 14.7. The van der Waals surface area contributed by atoms with Crippen LogP contribution in [-0.4, -0.2) is 36.8 Å². The van der Waals surface area contributed by atoms with E-state index in [1.165, 1.54) is 12.3 Å². The van der Waals surface area contributed by atoms with Crippen molar-refractivity contribution in [1.82, 2.24) is 24.9 Å². The number of pyridine rings is 1. The Kier molecular flexibility index (Phi) is 3.19. The summed E-state index contributed by atoms with van der Waals surface area (Å²) in [5, 5.41) is 8.47. The summed E-state index contributed by atoms with van der Waals surface area (Å²) in [6, 6.07) is 9.14. The summed E-state index contributed by atoms with van der Waals surface area (Å²) in [6.07, 6.45) is 3.63. The van der Waals surface area contributed by atoms with Crippen LogP contribution >= 0.6 is 0 Å². The molecule has 0 bridgehead atoms. The minimum Gasteiger partial charge on any atom is -0.331 e. The first-order valence-corrected chi connectivity index (χ1v) is 8.60. The van der Waals surface area contributed by atoms with E-state index < -0.39 is 5.95 Å². The molecule has 0 atom stereocenters. The largest absolute Gasteiger partial charge is 0.331 e. The molecule has 1 aromatic carbocycles. The van der Waals surface area contributed by atoms with Crippen molar-refractivity contribution in [1.29, 1.82) is 0 Å². The summed E-state index contributed by atoms with van der Waals surface area (Å²) in [6.45, 7) is 2.58. The lowest BCUT2D eigenvalue weighted by Crippen LogP contribution is -2.25. The van der Waals surface area contributed by atoms with Gasteiger partial charge < -0.3 is 4.90 Å². The van der Waals surface area contributed by atoms with Crippen molar-refractivity contribution >= 4 is 5.91 Å². The van der Waals surface area contributed by atoms with E-state index in [2.05, 4.69) is 15.3 Å². The Balaban J connectivity index is 1.51. The maximum atomic E-state index is 13.0. The molecule has 1 aliphatic heterocycles. The van der Waals surface area contributed by atoms with Crippen LogP contribution in [0.3, 0.4) is 0 Å². The predicted octanol–water partition coefficient (Wildman–Crippen LogP) is 2.90. The Hall–Kier alpha value is -3.09. The van der Waals surface area contributed by atoms with Crippen molar-refractivity contribution < 1.29 is 9.18 Å². The molecule has 5 rings (SSSR count). The average molecular weight is 349 g/mol. The Bertz CT molecular complexity index is 1020. The molecule has 2 aromatic heterocycles. The van der Waals surface area contributed by atoms with Gasteiger partial charge in [-0.25, -0.2) is 9.67 Å². The van der Waals surface area contributed by atoms with E-state index in [1.807, 2.05) is 30.0 Å². The fourth-order valence-electron chi connectivity index (χ4n) is 3.51. The smallest absolute Gasteiger partial charge is 0.254 e. The van der Waals surface area contributed by atoms with Crippen LogP contribution < -0.4 is 0 Å². The van der Waals surface area contributed by atoms with E-state index in [1.54, 1.807) is 10.7 Å². The number of aromatic nitrogens is 4. The van der Waals surface area contributed by atoms with Crippen LogP contribution in [0.5, 0.6) is 0 Å². The Morgan fingerprint density at radius 1 is 1.19 bits per heavy atom. The van der Waals surface area contributed by atoms with Gasteiger partial charge in [-0.2, -0.15) is 4.39 Å². The summed E-state index contributed by atoms with van der Waals surface area (Å²) in [7, 11) is 0. The molecular weight excluding hydrogens is 333 g/mol. The summed E-state index contributed by atoms with van der Waals surface area (Å²) in [4.78, 5) is 18.1. The van der Waals surface area contributed by atoms with Gasteiger partial charge >= 0.3 is 0 Å². The molecule has 0 unspecified atom stereocenters. The SMILES string of the molecule is Cc1c(-c2ccc3c(c2)CN(C2CC2)C3=O)nnn1-c1ccc(F)nc1. The van der Waals surface area contributed by atoms with Crippen molar-refractivity contribution in [3.8, 4) is 16.9 Å². The Morgan fingerprint density at radius 3 is 2.77 bits per heavy atom. The summed E-state index contributed by atoms with van der Waals surface area (Å²) in [5.41, 5.74) is 4.98. The fraction of sp³-hybridized carbons (Fsp3) is 0.263. The van der Waals surface area contributed by atoms with Crippen LogP contribution in [0.2, 0.25) is 0 Å². The zero-order valence-electron chi connectivity index (χ0n) is 14.2. The van der Waals surface area contributed by atoms with Gasteiger partial charge in [0.05, 0.1) is 17.6 Å². The van der Waals surface area contributed by atoms with Crippen molar-refractivity contribution in [3.63, 3.8) is 0 Å². The van der Waals surface area contributed by atoms with Gasteiger partial charge in [-0.05, 0) is 49.6 Å². The molecule has 1 saturated carbocycles. The number of carbonyl (C=O) groups excluding carboxylic acids is 1. The molecular formula is C19H16FN5O. The second-order valence-corrected chi connectivity index (χ2v) is 6.81. The molecule has 3 aromatic rings. The van der Waals surface area contributed by atoms with Crippen LogP contribution in [0.15, 0.2) is 36.5 Å². The highest BCUT2D eigenvalue weighted by Crippen LogP contribution is 2.36. The van der Waals surface area contributed by atoms with Crippen LogP contribution in [-0.2, 0) is 6.54 Å². The van der Waals surface area contributed by atoms with Crippen LogP contribution in [0.4, 0.5) is 4.39 Å². The van der Waals surface area contributed by atoms with E-state index in [9.17, 15) is 9.18 Å². The number of rotatable bonds is 3.